The van der Waals surface area contributed by atoms with Gasteiger partial charge in [-0.05, 0) is 61.1 Å². The van der Waals surface area contributed by atoms with Crippen LogP contribution in [0.25, 0.3) is 5.82 Å². The smallest absolute Gasteiger partial charge is 0.267 e. The molecule has 0 aliphatic heterocycles. The Kier molecular flexibility index (Phi) is 9.11. The molecule has 0 atom stereocenters. The fourth-order valence-corrected chi connectivity index (χ4v) is 4.75. The van der Waals surface area contributed by atoms with E-state index in [9.17, 15) is 31.1 Å². The molecule has 0 N–H and O–H groups in total. The summed E-state index contributed by atoms with van der Waals surface area (Å²) >= 11 is 0. The lowest BCUT2D eigenvalue weighted by atomic mass is 9.85. The molecule has 1 fully saturated rings. The van der Waals surface area contributed by atoms with E-state index in [4.69, 9.17) is 0 Å². The van der Waals surface area contributed by atoms with Gasteiger partial charge in [0.25, 0.3) is 12.0 Å². The lowest BCUT2D eigenvalue weighted by Crippen LogP contribution is -2.31. The van der Waals surface area contributed by atoms with Crippen LogP contribution in [0.5, 0.6) is 0 Å². The molecule has 1 aliphatic rings. The summed E-state index contributed by atoms with van der Waals surface area (Å²) in [6.07, 6.45) is -0.718. The molecule has 1 aliphatic carbocycles. The van der Waals surface area contributed by atoms with E-state index in [2.05, 4.69) is 10.2 Å². The first-order valence-corrected chi connectivity index (χ1v) is 12.9. The number of halogens is 6. The Morgan fingerprint density at radius 1 is 1.00 bits per heavy atom. The van der Waals surface area contributed by atoms with E-state index in [0.29, 0.717) is 5.56 Å². The Morgan fingerprint density at radius 2 is 1.73 bits per heavy atom. The Hall–Kier alpha value is -3.89. The van der Waals surface area contributed by atoms with Crippen molar-refractivity contribution in [1.82, 2.24) is 19.6 Å². The van der Waals surface area contributed by atoms with Gasteiger partial charge in [0.1, 0.15) is 5.82 Å². The molecular weight excluding hydrogens is 534 g/mol. The van der Waals surface area contributed by atoms with Crippen molar-refractivity contribution in [3.63, 3.8) is 0 Å². The molecule has 2 aromatic carbocycles. The highest BCUT2D eigenvalue weighted by Crippen LogP contribution is 2.33. The Labute approximate surface area is 227 Å². The van der Waals surface area contributed by atoms with Gasteiger partial charge < -0.3 is 0 Å². The van der Waals surface area contributed by atoms with Crippen LogP contribution in [0.4, 0.5) is 26.3 Å². The highest BCUT2D eigenvalue weighted by Gasteiger charge is 2.33. The Bertz CT molecular complexity index is 1470. The fourth-order valence-electron chi connectivity index (χ4n) is 4.75. The van der Waals surface area contributed by atoms with Gasteiger partial charge in [-0.15, -0.1) is 5.10 Å². The first-order chi connectivity index (χ1) is 19.0. The number of aromatic nitrogens is 4. The third-order valence-corrected chi connectivity index (χ3v) is 6.75. The lowest BCUT2D eigenvalue weighted by Gasteiger charge is -2.22. The van der Waals surface area contributed by atoms with Crippen LogP contribution >= 0.6 is 0 Å². The van der Waals surface area contributed by atoms with Gasteiger partial charge in [-0.3, -0.25) is 4.79 Å². The van der Waals surface area contributed by atoms with Gasteiger partial charge in [-0.1, -0.05) is 49.6 Å². The maximum Gasteiger partial charge on any atom is 0.416 e. The standard InChI is InChI=1S/C22H21F5N4O.C7H7F/c23-20(24)16-11-28-30(13-16)19-10-17(14-6-2-1-3-7-14)21(32)31(29-19)12-15-8-4-5-9-18(15)22(25,26)27;1-6-3-2-4-7(8)5-6/h4-5,8-11,13-14,20H,1-3,6-7,12H2;2-5H,1H3. The molecule has 2 heterocycles. The summed E-state index contributed by atoms with van der Waals surface area (Å²) in [7, 11) is 0. The third kappa shape index (κ3) is 7.19. The molecule has 212 valence electrons. The van der Waals surface area contributed by atoms with Gasteiger partial charge >= 0.3 is 6.18 Å². The Morgan fingerprint density at radius 3 is 2.33 bits per heavy atom. The van der Waals surface area contributed by atoms with Gasteiger partial charge in [0.15, 0.2) is 5.82 Å². The second-order valence-corrected chi connectivity index (χ2v) is 9.73. The van der Waals surface area contributed by atoms with Crippen molar-refractivity contribution < 1.29 is 26.3 Å². The summed E-state index contributed by atoms with van der Waals surface area (Å²) in [6.45, 7) is 1.47. The van der Waals surface area contributed by atoms with Gasteiger partial charge in [0, 0.05) is 11.8 Å². The number of nitrogens with zero attached hydrogens (tertiary/aromatic N) is 4. The van der Waals surface area contributed by atoms with Crippen LogP contribution in [0.3, 0.4) is 0 Å². The van der Waals surface area contributed by atoms with E-state index in [0.717, 1.165) is 65.5 Å². The zero-order valence-electron chi connectivity index (χ0n) is 21.7. The van der Waals surface area contributed by atoms with Gasteiger partial charge in [0.2, 0.25) is 0 Å². The number of benzene rings is 2. The fraction of sp³-hybridized carbons (Fsp3) is 0.345. The summed E-state index contributed by atoms with van der Waals surface area (Å²) in [4.78, 5) is 13.2. The number of hydrogen-bond donors (Lipinski definition) is 0. The van der Waals surface area contributed by atoms with Crippen molar-refractivity contribution in [2.45, 2.75) is 64.1 Å². The third-order valence-electron chi connectivity index (χ3n) is 6.75. The van der Waals surface area contributed by atoms with E-state index < -0.39 is 30.3 Å². The Balaban J connectivity index is 0.000000398. The average molecular weight is 563 g/mol. The van der Waals surface area contributed by atoms with Crippen LogP contribution in [0.2, 0.25) is 0 Å². The zero-order chi connectivity index (χ0) is 28.9. The van der Waals surface area contributed by atoms with Gasteiger partial charge in [0.05, 0.1) is 23.9 Å². The molecule has 1 saturated carbocycles. The first-order valence-electron chi connectivity index (χ1n) is 12.9. The summed E-state index contributed by atoms with van der Waals surface area (Å²) in [5, 5.41) is 8.09. The molecule has 0 bridgehead atoms. The molecule has 40 heavy (non-hydrogen) atoms. The monoisotopic (exact) mass is 562 g/mol. The normalized spacial score (nSPS) is 14.2. The maximum atomic E-state index is 13.5. The van der Waals surface area contributed by atoms with Crippen molar-refractivity contribution in [2.24, 2.45) is 0 Å². The predicted molar refractivity (Wildman–Crippen MR) is 138 cm³/mol. The molecule has 0 amide bonds. The largest absolute Gasteiger partial charge is 0.416 e. The lowest BCUT2D eigenvalue weighted by molar-refractivity contribution is -0.138. The minimum atomic E-state index is -4.59. The van der Waals surface area contributed by atoms with Gasteiger partial charge in [-0.25, -0.2) is 22.5 Å². The second-order valence-electron chi connectivity index (χ2n) is 9.73. The van der Waals surface area contributed by atoms with Crippen LogP contribution < -0.4 is 5.56 Å². The van der Waals surface area contributed by atoms with Crippen molar-refractivity contribution in [1.29, 1.82) is 0 Å². The molecular formula is C29H28F6N4O. The van der Waals surface area contributed by atoms with Crippen LogP contribution in [0, 0.1) is 12.7 Å². The molecule has 5 nitrogen and oxygen atoms in total. The van der Waals surface area contributed by atoms with E-state index in [1.54, 1.807) is 6.07 Å². The minimum Gasteiger partial charge on any atom is -0.267 e. The number of hydrogen-bond acceptors (Lipinski definition) is 3. The summed E-state index contributed by atoms with van der Waals surface area (Å²) in [6, 6.07) is 13.0. The second kappa shape index (κ2) is 12.5. The maximum absolute atomic E-state index is 13.5. The number of alkyl halides is 5. The molecule has 5 rings (SSSR count). The summed E-state index contributed by atoms with van der Waals surface area (Å²) < 4.78 is 80.7. The average Bonchev–Trinajstić information content (AvgIpc) is 3.41. The topological polar surface area (TPSA) is 52.7 Å². The quantitative estimate of drug-likeness (QED) is 0.235. The van der Waals surface area contributed by atoms with Crippen LogP contribution in [-0.2, 0) is 12.7 Å². The zero-order valence-corrected chi connectivity index (χ0v) is 21.7. The number of aryl methyl sites for hydroxylation is 1. The SMILES string of the molecule is Cc1cccc(F)c1.O=c1c(C2CCCCC2)cc(-n2cc(C(F)F)cn2)nn1Cc1ccccc1C(F)(F)F. The molecule has 0 unspecified atom stereocenters. The highest BCUT2D eigenvalue weighted by molar-refractivity contribution is 5.32. The van der Waals surface area contributed by atoms with Gasteiger partial charge in [-0.2, -0.15) is 18.3 Å². The molecule has 0 radical (unpaired) electrons. The van der Waals surface area contributed by atoms with Crippen molar-refractivity contribution in [3.05, 3.63) is 111 Å². The molecule has 0 saturated heterocycles. The van der Waals surface area contributed by atoms with E-state index >= 15 is 0 Å². The highest BCUT2D eigenvalue weighted by atomic mass is 19.4. The van der Waals surface area contributed by atoms with Crippen LogP contribution in [0.1, 0.15) is 72.3 Å². The summed E-state index contributed by atoms with van der Waals surface area (Å²) in [5.41, 5.74) is -0.351. The van der Waals surface area contributed by atoms with Crippen molar-refractivity contribution in [2.75, 3.05) is 0 Å². The molecule has 2 aromatic heterocycles. The van der Waals surface area contributed by atoms with Crippen LogP contribution in [-0.4, -0.2) is 19.6 Å². The number of rotatable bonds is 5. The minimum absolute atomic E-state index is 0.0627. The summed E-state index contributed by atoms with van der Waals surface area (Å²) in [5.74, 6) is -0.112. The molecule has 4 aromatic rings. The van der Waals surface area contributed by atoms with Crippen molar-refractivity contribution in [3.8, 4) is 5.82 Å². The van der Waals surface area contributed by atoms with Crippen molar-refractivity contribution >= 4 is 0 Å². The van der Waals surface area contributed by atoms with E-state index in [1.807, 2.05) is 13.0 Å². The van der Waals surface area contributed by atoms with E-state index in [-0.39, 0.29) is 28.7 Å². The predicted octanol–water partition coefficient (Wildman–Crippen LogP) is 7.62. The van der Waals surface area contributed by atoms with E-state index in [1.165, 1.54) is 36.4 Å². The molecule has 0 spiro atoms. The molecule has 11 heteroatoms. The van der Waals surface area contributed by atoms with Crippen LogP contribution in [0.15, 0.2) is 71.8 Å². The first kappa shape index (κ1) is 29.1.